The molecule has 2 heterocycles. The molecule has 0 bridgehead atoms. The molecule has 6 nitrogen and oxygen atoms in total. The van der Waals surface area contributed by atoms with Crippen LogP contribution in [-0.2, 0) is 11.2 Å². The van der Waals surface area contributed by atoms with E-state index in [-0.39, 0.29) is 29.2 Å². The van der Waals surface area contributed by atoms with E-state index in [4.69, 9.17) is 0 Å². The summed E-state index contributed by atoms with van der Waals surface area (Å²) in [5.74, 6) is 0.650. The van der Waals surface area contributed by atoms with Gasteiger partial charge in [-0.25, -0.2) is 4.79 Å². The Morgan fingerprint density at radius 3 is 2.43 bits per heavy atom. The van der Waals surface area contributed by atoms with Crippen LogP contribution in [-0.4, -0.2) is 58.6 Å². The van der Waals surface area contributed by atoms with Crippen LogP contribution in [0.1, 0.15) is 59.4 Å². The summed E-state index contributed by atoms with van der Waals surface area (Å²) < 4.78 is 0. The number of likely N-dealkylation sites (tertiary alicyclic amines) is 1. The first kappa shape index (κ1) is 22.6. The Bertz CT molecular complexity index is 735. The molecule has 166 valence electrons. The normalized spacial score (nSPS) is 22.4. The smallest absolute Gasteiger partial charge is 0.317 e. The van der Waals surface area contributed by atoms with Crippen LogP contribution in [0.2, 0.25) is 0 Å². The number of rotatable bonds is 5. The van der Waals surface area contributed by atoms with Crippen molar-refractivity contribution in [3.63, 3.8) is 0 Å². The van der Waals surface area contributed by atoms with Crippen LogP contribution < -0.4 is 10.6 Å². The molecule has 2 N–H and O–H groups in total. The zero-order valence-electron chi connectivity index (χ0n) is 19.2. The van der Waals surface area contributed by atoms with Crippen molar-refractivity contribution < 1.29 is 9.59 Å². The Morgan fingerprint density at radius 2 is 1.87 bits per heavy atom. The van der Waals surface area contributed by atoms with E-state index in [1.165, 1.54) is 5.56 Å². The van der Waals surface area contributed by atoms with Crippen LogP contribution in [0.4, 0.5) is 4.79 Å². The highest BCUT2D eigenvalue weighted by atomic mass is 16.2. The van der Waals surface area contributed by atoms with E-state index in [1.54, 1.807) is 0 Å². The Balaban J connectivity index is 1.74. The van der Waals surface area contributed by atoms with Crippen LogP contribution in [0, 0.1) is 5.92 Å². The van der Waals surface area contributed by atoms with Gasteiger partial charge in [0, 0.05) is 38.0 Å². The maximum Gasteiger partial charge on any atom is 0.317 e. The van der Waals surface area contributed by atoms with E-state index in [1.807, 2.05) is 43.9 Å². The quantitative estimate of drug-likeness (QED) is 0.776. The lowest BCUT2D eigenvalue weighted by Crippen LogP contribution is -2.61. The Hall–Kier alpha value is -2.08. The Labute approximate surface area is 181 Å². The van der Waals surface area contributed by atoms with E-state index < -0.39 is 0 Å². The minimum absolute atomic E-state index is 0.0176. The fourth-order valence-electron chi connectivity index (χ4n) is 4.45. The standard InChI is InChI=1S/C24H38N4O2/c1-6-18(2)17-28-21(29)20(16-19-10-8-7-9-11-19)25-24(28)12-14-27(15-13-24)22(30)26-23(3,4)5/h7-11,18,20,25H,6,12-17H2,1-5H3,(H,26,30)/t18-,20+/m0/s1. The number of nitrogens with one attached hydrogen (secondary N) is 2. The van der Waals surface area contributed by atoms with Gasteiger partial charge in [0.1, 0.15) is 0 Å². The maximum atomic E-state index is 13.4. The molecule has 0 unspecified atom stereocenters. The van der Waals surface area contributed by atoms with Gasteiger partial charge in [0.2, 0.25) is 5.91 Å². The highest BCUT2D eigenvalue weighted by molar-refractivity contribution is 5.85. The van der Waals surface area contributed by atoms with Crippen molar-refractivity contribution in [2.24, 2.45) is 5.92 Å². The number of piperidine rings is 1. The predicted molar refractivity (Wildman–Crippen MR) is 120 cm³/mol. The number of benzene rings is 1. The summed E-state index contributed by atoms with van der Waals surface area (Å²) in [6, 6.07) is 9.99. The van der Waals surface area contributed by atoms with Gasteiger partial charge in [-0.2, -0.15) is 0 Å². The van der Waals surface area contributed by atoms with Crippen LogP contribution in [0.15, 0.2) is 30.3 Å². The Morgan fingerprint density at radius 1 is 1.23 bits per heavy atom. The van der Waals surface area contributed by atoms with Crippen molar-refractivity contribution in [1.29, 1.82) is 0 Å². The van der Waals surface area contributed by atoms with Crippen molar-refractivity contribution in [2.75, 3.05) is 19.6 Å². The molecule has 2 aliphatic heterocycles. The minimum Gasteiger partial charge on any atom is -0.333 e. The van der Waals surface area contributed by atoms with Crippen molar-refractivity contribution in [3.05, 3.63) is 35.9 Å². The second-order valence-electron chi connectivity index (χ2n) is 10.0. The van der Waals surface area contributed by atoms with Gasteiger partial charge in [-0.3, -0.25) is 10.1 Å². The summed E-state index contributed by atoms with van der Waals surface area (Å²) in [4.78, 5) is 30.0. The summed E-state index contributed by atoms with van der Waals surface area (Å²) in [5.41, 5.74) is 0.571. The van der Waals surface area contributed by atoms with Gasteiger partial charge in [0.25, 0.3) is 0 Å². The summed E-state index contributed by atoms with van der Waals surface area (Å²) >= 11 is 0. The third-order valence-corrected chi connectivity index (χ3v) is 6.36. The number of nitrogens with zero attached hydrogens (tertiary/aromatic N) is 2. The zero-order valence-corrected chi connectivity index (χ0v) is 19.2. The molecular formula is C24H38N4O2. The number of hydrogen-bond acceptors (Lipinski definition) is 3. The molecule has 3 amide bonds. The highest BCUT2D eigenvalue weighted by Crippen LogP contribution is 2.34. The fraction of sp³-hybridized carbons (Fsp3) is 0.667. The van der Waals surface area contributed by atoms with Crippen LogP contribution in [0.3, 0.4) is 0 Å². The molecule has 2 fully saturated rings. The molecule has 1 aromatic carbocycles. The first-order chi connectivity index (χ1) is 14.1. The number of urea groups is 1. The van der Waals surface area contributed by atoms with E-state index in [2.05, 4.69) is 41.5 Å². The molecule has 2 atom stereocenters. The zero-order chi connectivity index (χ0) is 21.9. The van der Waals surface area contributed by atoms with Crippen molar-refractivity contribution in [2.45, 2.75) is 77.5 Å². The molecule has 2 saturated heterocycles. The van der Waals surface area contributed by atoms with Gasteiger partial charge >= 0.3 is 6.03 Å². The largest absolute Gasteiger partial charge is 0.333 e. The van der Waals surface area contributed by atoms with Gasteiger partial charge in [-0.1, -0.05) is 50.6 Å². The molecule has 0 radical (unpaired) electrons. The SMILES string of the molecule is CC[C@H](C)CN1C(=O)[C@@H](Cc2ccccc2)NC12CCN(C(=O)NC(C)(C)C)CC2. The lowest BCUT2D eigenvalue weighted by atomic mass is 9.94. The lowest BCUT2D eigenvalue weighted by molar-refractivity contribution is -0.134. The molecule has 0 saturated carbocycles. The van der Waals surface area contributed by atoms with Gasteiger partial charge in [0.15, 0.2) is 0 Å². The molecule has 1 spiro atoms. The van der Waals surface area contributed by atoms with Gasteiger partial charge in [-0.05, 0) is 38.7 Å². The molecule has 0 aromatic heterocycles. The number of hydrogen-bond donors (Lipinski definition) is 2. The van der Waals surface area contributed by atoms with Crippen LogP contribution >= 0.6 is 0 Å². The van der Waals surface area contributed by atoms with Gasteiger partial charge in [0.05, 0.1) is 11.7 Å². The highest BCUT2D eigenvalue weighted by Gasteiger charge is 2.51. The topological polar surface area (TPSA) is 64.7 Å². The number of amides is 3. The fourth-order valence-corrected chi connectivity index (χ4v) is 4.45. The molecule has 30 heavy (non-hydrogen) atoms. The molecule has 3 rings (SSSR count). The average molecular weight is 415 g/mol. The monoisotopic (exact) mass is 414 g/mol. The predicted octanol–water partition coefficient (Wildman–Crippen LogP) is 3.38. The lowest BCUT2D eigenvalue weighted by Gasteiger charge is -2.45. The average Bonchev–Trinajstić information content (AvgIpc) is 2.93. The first-order valence-corrected chi connectivity index (χ1v) is 11.3. The molecule has 0 aliphatic carbocycles. The molecular weight excluding hydrogens is 376 g/mol. The summed E-state index contributed by atoms with van der Waals surface area (Å²) in [6.07, 6.45) is 3.27. The van der Waals surface area contributed by atoms with E-state index in [0.717, 1.165) is 25.8 Å². The molecule has 2 aliphatic rings. The van der Waals surface area contributed by atoms with Crippen LogP contribution in [0.25, 0.3) is 0 Å². The number of carbonyl (C=O) groups excluding carboxylic acids is 2. The van der Waals surface area contributed by atoms with E-state index in [9.17, 15) is 9.59 Å². The second-order valence-corrected chi connectivity index (χ2v) is 10.0. The third-order valence-electron chi connectivity index (χ3n) is 6.36. The van der Waals surface area contributed by atoms with Crippen molar-refractivity contribution >= 4 is 11.9 Å². The summed E-state index contributed by atoms with van der Waals surface area (Å²) in [5, 5.41) is 6.77. The minimum atomic E-state index is -0.349. The van der Waals surface area contributed by atoms with Gasteiger partial charge < -0.3 is 15.1 Å². The van der Waals surface area contributed by atoms with Gasteiger partial charge in [-0.15, -0.1) is 0 Å². The molecule has 6 heteroatoms. The summed E-state index contributed by atoms with van der Waals surface area (Å²) in [6.45, 7) is 12.4. The molecule has 1 aromatic rings. The third kappa shape index (κ3) is 5.15. The van der Waals surface area contributed by atoms with E-state index in [0.29, 0.717) is 25.4 Å². The van der Waals surface area contributed by atoms with Crippen molar-refractivity contribution in [1.82, 2.24) is 20.4 Å². The van der Waals surface area contributed by atoms with E-state index >= 15 is 0 Å². The second kappa shape index (κ2) is 8.96. The summed E-state index contributed by atoms with van der Waals surface area (Å²) in [7, 11) is 0. The first-order valence-electron chi connectivity index (χ1n) is 11.3. The number of carbonyl (C=O) groups is 2. The maximum absolute atomic E-state index is 13.4. The van der Waals surface area contributed by atoms with Crippen molar-refractivity contribution in [3.8, 4) is 0 Å². The van der Waals surface area contributed by atoms with Crippen LogP contribution in [0.5, 0.6) is 0 Å². The Kier molecular flexibility index (Phi) is 6.75.